The summed E-state index contributed by atoms with van der Waals surface area (Å²) in [6.07, 6.45) is 0. The molecule has 5 N–H and O–H groups in total. The first-order valence-electron chi connectivity index (χ1n) is 8.99. The first-order valence-corrected chi connectivity index (χ1v) is 8.99. The Kier molecular flexibility index (Phi) is 9.79. The molecule has 0 radical (unpaired) electrons. The van der Waals surface area contributed by atoms with Crippen LogP contribution in [0.1, 0.15) is 0 Å². The monoisotopic (exact) mass is 405 g/mol. The Labute approximate surface area is 162 Å². The molecule has 160 valence electrons. The minimum atomic E-state index is -1.16. The van der Waals surface area contributed by atoms with Crippen LogP contribution in [0.4, 0.5) is 0 Å². The number of nitrogens with one attached hydrogen (secondary N) is 1. The van der Waals surface area contributed by atoms with Crippen molar-refractivity contribution >= 4 is 23.9 Å². The number of rotatable bonds is 8. The van der Waals surface area contributed by atoms with Gasteiger partial charge < -0.3 is 30.2 Å². The zero-order valence-electron chi connectivity index (χ0n) is 15.7. The highest BCUT2D eigenvalue weighted by atomic mass is 16.4. The van der Waals surface area contributed by atoms with Gasteiger partial charge in [0.2, 0.25) is 0 Å². The Balaban J connectivity index is 3.06. The first-order chi connectivity index (χ1) is 13.1. The van der Waals surface area contributed by atoms with Gasteiger partial charge in [-0.1, -0.05) is 0 Å². The molecule has 0 unspecified atom stereocenters. The first kappa shape index (κ1) is 23.8. The molecule has 1 fully saturated rings. The lowest BCUT2D eigenvalue weighted by Gasteiger charge is -2.39. The number of carboxylic acid groups (broad SMARTS) is 4. The Morgan fingerprint density at radius 1 is 0.679 bits per heavy atom. The van der Waals surface area contributed by atoms with Gasteiger partial charge >= 0.3 is 23.9 Å². The lowest BCUT2D eigenvalue weighted by atomic mass is 10.2. The topological polar surface area (TPSA) is 168 Å². The van der Waals surface area contributed by atoms with Crippen molar-refractivity contribution in [2.24, 2.45) is 0 Å². The lowest BCUT2D eigenvalue weighted by Crippen LogP contribution is -2.60. The molecule has 1 aliphatic heterocycles. The molecule has 0 atom stereocenters. The number of quaternary nitrogens is 1. The van der Waals surface area contributed by atoms with Crippen LogP contribution in [0.5, 0.6) is 0 Å². The fourth-order valence-electron chi connectivity index (χ4n) is 3.29. The van der Waals surface area contributed by atoms with E-state index in [2.05, 4.69) is 5.32 Å². The average molecular weight is 405 g/mol. The maximum absolute atomic E-state index is 11.4. The number of aliphatic carboxylic acids is 4. The zero-order valence-corrected chi connectivity index (χ0v) is 15.7. The molecule has 0 saturated carbocycles. The maximum Gasteiger partial charge on any atom is 0.359 e. The summed E-state index contributed by atoms with van der Waals surface area (Å²) in [6.45, 7) is 1.11. The SMILES string of the molecule is O=C(O)CN1CCNCCN(CC(=O)O)CC[N+](CC(=O)O)(CC(=O)O)CC1. The smallest absolute Gasteiger partial charge is 0.359 e. The van der Waals surface area contributed by atoms with Gasteiger partial charge in [0.25, 0.3) is 0 Å². The molecule has 0 aromatic carbocycles. The van der Waals surface area contributed by atoms with E-state index in [1.54, 1.807) is 9.80 Å². The van der Waals surface area contributed by atoms with Gasteiger partial charge in [-0.25, -0.2) is 9.59 Å². The van der Waals surface area contributed by atoms with E-state index in [4.69, 9.17) is 10.2 Å². The van der Waals surface area contributed by atoms with Crippen LogP contribution >= 0.6 is 0 Å². The molecule has 1 rings (SSSR count). The molecule has 12 heteroatoms. The maximum atomic E-state index is 11.4. The molecule has 28 heavy (non-hydrogen) atoms. The van der Waals surface area contributed by atoms with Gasteiger partial charge in [-0.3, -0.25) is 19.4 Å². The van der Waals surface area contributed by atoms with Gasteiger partial charge in [-0.2, -0.15) is 0 Å². The molecule has 0 spiro atoms. The van der Waals surface area contributed by atoms with Gasteiger partial charge in [0.1, 0.15) is 0 Å². The molecule has 1 aliphatic rings. The van der Waals surface area contributed by atoms with Gasteiger partial charge in [-0.15, -0.1) is 0 Å². The summed E-state index contributed by atoms with van der Waals surface area (Å²) in [6, 6.07) is 0. The summed E-state index contributed by atoms with van der Waals surface area (Å²) in [5, 5.41) is 39.9. The van der Waals surface area contributed by atoms with E-state index in [0.717, 1.165) is 0 Å². The minimum Gasteiger partial charge on any atom is -0.480 e. The molecular weight excluding hydrogens is 376 g/mol. The second kappa shape index (κ2) is 11.5. The molecule has 0 aliphatic carbocycles. The fraction of sp³-hybridized carbons (Fsp3) is 0.750. The molecule has 12 nitrogen and oxygen atoms in total. The van der Waals surface area contributed by atoms with Crippen LogP contribution in [0.2, 0.25) is 0 Å². The van der Waals surface area contributed by atoms with Crippen molar-refractivity contribution in [2.45, 2.75) is 0 Å². The van der Waals surface area contributed by atoms with Crippen molar-refractivity contribution in [2.75, 3.05) is 78.5 Å². The minimum absolute atomic E-state index is 0.132. The molecule has 0 bridgehead atoms. The van der Waals surface area contributed by atoms with E-state index in [1.165, 1.54) is 0 Å². The summed E-state index contributed by atoms with van der Waals surface area (Å²) in [5.41, 5.74) is 0. The number of hydrogen-bond donors (Lipinski definition) is 5. The number of hydrogen-bond acceptors (Lipinski definition) is 7. The molecule has 0 aromatic rings. The lowest BCUT2D eigenvalue weighted by molar-refractivity contribution is -0.913. The van der Waals surface area contributed by atoms with Gasteiger partial charge in [0.15, 0.2) is 13.1 Å². The summed E-state index contributed by atoms with van der Waals surface area (Å²) < 4.78 is -0.287. The Morgan fingerprint density at radius 3 is 1.39 bits per heavy atom. The summed E-state index contributed by atoms with van der Waals surface area (Å²) in [5.74, 6) is -4.36. The number of carbonyl (C=O) groups is 4. The van der Waals surface area contributed by atoms with E-state index in [-0.39, 0.29) is 43.8 Å². The van der Waals surface area contributed by atoms with E-state index in [0.29, 0.717) is 26.2 Å². The van der Waals surface area contributed by atoms with Crippen molar-refractivity contribution in [3.8, 4) is 0 Å². The van der Waals surface area contributed by atoms with Crippen LogP contribution in [-0.2, 0) is 19.2 Å². The van der Waals surface area contributed by atoms with E-state index in [9.17, 15) is 29.4 Å². The second-order valence-corrected chi connectivity index (χ2v) is 6.98. The molecule has 0 aromatic heterocycles. The average Bonchev–Trinajstić information content (AvgIpc) is 2.53. The van der Waals surface area contributed by atoms with Crippen LogP contribution in [0.25, 0.3) is 0 Å². The van der Waals surface area contributed by atoms with Crippen LogP contribution in [0.3, 0.4) is 0 Å². The van der Waals surface area contributed by atoms with Gasteiger partial charge in [0, 0.05) is 39.3 Å². The van der Waals surface area contributed by atoms with Crippen LogP contribution < -0.4 is 5.32 Å². The summed E-state index contributed by atoms with van der Waals surface area (Å²) in [4.78, 5) is 48.3. The van der Waals surface area contributed by atoms with E-state index < -0.39 is 37.0 Å². The highest BCUT2D eigenvalue weighted by Gasteiger charge is 2.34. The molecule has 0 amide bonds. The number of nitrogens with zero attached hydrogens (tertiary/aromatic N) is 3. The zero-order chi connectivity index (χ0) is 21.2. The van der Waals surface area contributed by atoms with Crippen molar-refractivity contribution < 1.29 is 44.1 Å². The second-order valence-electron chi connectivity index (χ2n) is 6.98. The summed E-state index contributed by atoms with van der Waals surface area (Å²) in [7, 11) is 0. The van der Waals surface area contributed by atoms with E-state index >= 15 is 0 Å². The molecular formula is C16H29N4O8+. The number of carboxylic acids is 4. The predicted molar refractivity (Wildman–Crippen MR) is 96.0 cm³/mol. The Bertz CT molecular complexity index is 523. The van der Waals surface area contributed by atoms with Crippen LogP contribution in [0.15, 0.2) is 0 Å². The predicted octanol–water partition coefficient (Wildman–Crippen LogP) is -2.65. The molecule has 1 heterocycles. The van der Waals surface area contributed by atoms with Gasteiger partial charge in [0.05, 0.1) is 26.2 Å². The Morgan fingerprint density at radius 2 is 1.07 bits per heavy atom. The van der Waals surface area contributed by atoms with Crippen molar-refractivity contribution in [1.29, 1.82) is 0 Å². The van der Waals surface area contributed by atoms with Crippen molar-refractivity contribution in [3.63, 3.8) is 0 Å². The van der Waals surface area contributed by atoms with Crippen LogP contribution in [-0.4, -0.2) is 137 Å². The largest absolute Gasteiger partial charge is 0.480 e. The standard InChI is InChI=1S/C16H28N4O8/c21-13(22)9-18-3-1-17-2-4-19(10-14(23)24)6-8-20(7-5-18,11-15(25)26)12-16(27)28/h17H,1-12H2,(H3-,21,22,23,24,25,26,27,28)/p+1. The fourth-order valence-corrected chi connectivity index (χ4v) is 3.29. The normalized spacial score (nSPS) is 19.9. The van der Waals surface area contributed by atoms with E-state index in [1.807, 2.05) is 0 Å². The quantitative estimate of drug-likeness (QED) is 0.267. The third kappa shape index (κ3) is 9.60. The summed E-state index contributed by atoms with van der Waals surface area (Å²) >= 11 is 0. The van der Waals surface area contributed by atoms with Crippen molar-refractivity contribution in [1.82, 2.24) is 15.1 Å². The van der Waals surface area contributed by atoms with Crippen molar-refractivity contribution in [3.05, 3.63) is 0 Å². The molecule has 1 saturated heterocycles. The Hall–Kier alpha value is -2.28. The highest BCUT2D eigenvalue weighted by Crippen LogP contribution is 2.10. The third-order valence-corrected chi connectivity index (χ3v) is 4.65. The third-order valence-electron chi connectivity index (χ3n) is 4.65. The van der Waals surface area contributed by atoms with Crippen LogP contribution in [0, 0.1) is 0 Å². The highest BCUT2D eigenvalue weighted by molar-refractivity contribution is 5.71. The van der Waals surface area contributed by atoms with Gasteiger partial charge in [-0.05, 0) is 0 Å².